The summed E-state index contributed by atoms with van der Waals surface area (Å²) in [6, 6.07) is 0.111. The molecule has 1 aliphatic carbocycles. The zero-order valence-corrected chi connectivity index (χ0v) is 8.07. The Bertz CT molecular complexity index is 217. The van der Waals surface area contributed by atoms with Crippen LogP contribution in [-0.4, -0.2) is 35.1 Å². The first-order chi connectivity index (χ1) is 6.24. The number of likely N-dealkylation sites (tertiary alicyclic amines) is 1. The zero-order valence-electron chi connectivity index (χ0n) is 8.07. The second-order valence-electron chi connectivity index (χ2n) is 4.33. The first-order valence-electron chi connectivity index (χ1n) is 5.15. The van der Waals surface area contributed by atoms with Crippen molar-refractivity contribution >= 4 is 5.91 Å². The minimum Gasteiger partial charge on any atom is -0.394 e. The maximum atomic E-state index is 11.8. The zero-order chi connectivity index (χ0) is 9.42. The highest BCUT2D eigenvalue weighted by molar-refractivity contribution is 5.82. The van der Waals surface area contributed by atoms with Crippen LogP contribution in [0, 0.1) is 11.8 Å². The van der Waals surface area contributed by atoms with Gasteiger partial charge in [-0.05, 0) is 25.2 Å². The van der Waals surface area contributed by atoms with Gasteiger partial charge in [0.25, 0.3) is 0 Å². The minimum absolute atomic E-state index is 0.111. The van der Waals surface area contributed by atoms with Crippen LogP contribution in [0.2, 0.25) is 0 Å². The fraction of sp³-hybridized carbons (Fsp3) is 0.900. The first kappa shape index (κ1) is 9.00. The van der Waals surface area contributed by atoms with Crippen molar-refractivity contribution in [2.24, 2.45) is 11.8 Å². The molecule has 1 amide bonds. The molecule has 2 fully saturated rings. The van der Waals surface area contributed by atoms with Gasteiger partial charge in [0.2, 0.25) is 5.91 Å². The summed E-state index contributed by atoms with van der Waals surface area (Å²) >= 11 is 0. The number of aliphatic hydroxyl groups excluding tert-OH is 1. The van der Waals surface area contributed by atoms with Crippen molar-refractivity contribution in [3.8, 4) is 0 Å². The summed E-state index contributed by atoms with van der Waals surface area (Å²) in [5.74, 6) is 1.13. The molecule has 74 valence electrons. The molecule has 0 radical (unpaired) electrons. The molecule has 0 spiro atoms. The van der Waals surface area contributed by atoms with Gasteiger partial charge >= 0.3 is 0 Å². The van der Waals surface area contributed by atoms with Gasteiger partial charge in [0, 0.05) is 12.5 Å². The normalized spacial score (nSPS) is 38.0. The highest BCUT2D eigenvalue weighted by Crippen LogP contribution is 2.40. The highest BCUT2D eigenvalue weighted by Gasteiger charge is 2.43. The Labute approximate surface area is 78.7 Å². The summed E-state index contributed by atoms with van der Waals surface area (Å²) in [5, 5.41) is 9.06. The molecule has 0 aromatic carbocycles. The molecule has 0 unspecified atom stereocenters. The molecular formula is C10H17NO2. The highest BCUT2D eigenvalue weighted by atomic mass is 16.3. The minimum atomic E-state index is 0.111. The molecule has 1 saturated heterocycles. The Morgan fingerprint density at radius 3 is 2.85 bits per heavy atom. The third kappa shape index (κ3) is 1.57. The maximum Gasteiger partial charge on any atom is 0.226 e. The molecule has 1 saturated carbocycles. The van der Waals surface area contributed by atoms with Crippen LogP contribution >= 0.6 is 0 Å². The van der Waals surface area contributed by atoms with Crippen LogP contribution in [0.25, 0.3) is 0 Å². The van der Waals surface area contributed by atoms with E-state index in [1.54, 1.807) is 0 Å². The van der Waals surface area contributed by atoms with E-state index >= 15 is 0 Å². The molecule has 2 aliphatic rings. The smallest absolute Gasteiger partial charge is 0.226 e. The molecule has 1 N–H and O–H groups in total. The average molecular weight is 183 g/mol. The van der Waals surface area contributed by atoms with Crippen LogP contribution in [0.15, 0.2) is 0 Å². The van der Waals surface area contributed by atoms with E-state index in [-0.39, 0.29) is 24.5 Å². The monoisotopic (exact) mass is 183 g/mol. The molecule has 1 aliphatic heterocycles. The summed E-state index contributed by atoms with van der Waals surface area (Å²) in [6.07, 6.45) is 3.08. The Morgan fingerprint density at radius 1 is 1.62 bits per heavy atom. The molecule has 1 heterocycles. The molecule has 13 heavy (non-hydrogen) atoms. The summed E-state index contributed by atoms with van der Waals surface area (Å²) in [7, 11) is 0. The fourth-order valence-corrected chi connectivity index (χ4v) is 2.19. The van der Waals surface area contributed by atoms with Gasteiger partial charge < -0.3 is 10.0 Å². The van der Waals surface area contributed by atoms with Crippen molar-refractivity contribution in [3.63, 3.8) is 0 Å². The lowest BCUT2D eigenvalue weighted by Crippen LogP contribution is -2.38. The van der Waals surface area contributed by atoms with E-state index in [1.807, 2.05) is 4.90 Å². The van der Waals surface area contributed by atoms with Gasteiger partial charge in [0.05, 0.1) is 12.6 Å². The number of rotatable bonds is 2. The van der Waals surface area contributed by atoms with E-state index in [9.17, 15) is 4.79 Å². The van der Waals surface area contributed by atoms with Crippen molar-refractivity contribution in [2.45, 2.75) is 32.2 Å². The Morgan fingerprint density at radius 2 is 2.31 bits per heavy atom. The summed E-state index contributed by atoms with van der Waals surface area (Å²) < 4.78 is 0. The van der Waals surface area contributed by atoms with E-state index in [0.29, 0.717) is 5.92 Å². The molecule has 0 aromatic rings. The Kier molecular flexibility index (Phi) is 2.28. The lowest BCUT2D eigenvalue weighted by molar-refractivity contribution is -0.134. The second kappa shape index (κ2) is 3.29. The van der Waals surface area contributed by atoms with Gasteiger partial charge in [0.15, 0.2) is 0 Å². The quantitative estimate of drug-likeness (QED) is 0.682. The molecule has 3 nitrogen and oxygen atoms in total. The van der Waals surface area contributed by atoms with E-state index in [1.165, 1.54) is 0 Å². The van der Waals surface area contributed by atoms with E-state index < -0.39 is 0 Å². The maximum absolute atomic E-state index is 11.8. The Balaban J connectivity index is 1.95. The summed E-state index contributed by atoms with van der Waals surface area (Å²) in [5.41, 5.74) is 0. The number of carbonyl (C=O) groups excluding carboxylic acids is 1. The number of amides is 1. The van der Waals surface area contributed by atoms with Crippen molar-refractivity contribution in [1.82, 2.24) is 4.90 Å². The topological polar surface area (TPSA) is 40.5 Å². The van der Waals surface area contributed by atoms with Crippen LogP contribution in [0.4, 0.5) is 0 Å². The molecule has 3 heteroatoms. The standard InChI is InChI=1S/C10H17NO2/c1-7-5-9(7)10(13)11-4-2-3-8(11)6-12/h7-9,12H,2-6H2,1H3/t7-,8+,9-/m0/s1. The number of hydrogen-bond donors (Lipinski definition) is 1. The van der Waals surface area contributed by atoms with E-state index in [4.69, 9.17) is 5.11 Å². The SMILES string of the molecule is C[C@H]1C[C@@H]1C(=O)N1CCC[C@@H]1CO. The third-order valence-electron chi connectivity index (χ3n) is 3.30. The molecular weight excluding hydrogens is 166 g/mol. The predicted octanol–water partition coefficient (Wildman–Crippen LogP) is 0.626. The van der Waals surface area contributed by atoms with Crippen molar-refractivity contribution < 1.29 is 9.90 Å². The largest absolute Gasteiger partial charge is 0.394 e. The first-order valence-corrected chi connectivity index (χ1v) is 5.15. The molecule has 2 rings (SSSR count). The lowest BCUT2D eigenvalue weighted by atomic mass is 10.2. The van der Waals surface area contributed by atoms with Gasteiger partial charge in [-0.3, -0.25) is 4.79 Å². The summed E-state index contributed by atoms with van der Waals surface area (Å²) in [6.45, 7) is 3.10. The molecule has 0 bridgehead atoms. The van der Waals surface area contributed by atoms with Crippen LogP contribution in [-0.2, 0) is 4.79 Å². The van der Waals surface area contributed by atoms with Crippen LogP contribution < -0.4 is 0 Å². The van der Waals surface area contributed by atoms with Gasteiger partial charge in [-0.25, -0.2) is 0 Å². The Hall–Kier alpha value is -0.570. The van der Waals surface area contributed by atoms with Gasteiger partial charge in [-0.2, -0.15) is 0 Å². The lowest BCUT2D eigenvalue weighted by Gasteiger charge is -2.23. The number of aliphatic hydroxyl groups is 1. The van der Waals surface area contributed by atoms with E-state index in [0.717, 1.165) is 25.8 Å². The number of nitrogens with zero attached hydrogens (tertiary/aromatic N) is 1. The van der Waals surface area contributed by atoms with Crippen LogP contribution in [0.1, 0.15) is 26.2 Å². The third-order valence-corrected chi connectivity index (χ3v) is 3.30. The van der Waals surface area contributed by atoms with E-state index in [2.05, 4.69) is 6.92 Å². The van der Waals surface area contributed by atoms with Crippen molar-refractivity contribution in [1.29, 1.82) is 0 Å². The second-order valence-corrected chi connectivity index (χ2v) is 4.33. The summed E-state index contributed by atoms with van der Waals surface area (Å²) in [4.78, 5) is 13.7. The van der Waals surface area contributed by atoms with Gasteiger partial charge in [-0.1, -0.05) is 6.92 Å². The fourth-order valence-electron chi connectivity index (χ4n) is 2.19. The molecule has 0 aromatic heterocycles. The van der Waals surface area contributed by atoms with Crippen molar-refractivity contribution in [2.75, 3.05) is 13.2 Å². The predicted molar refractivity (Wildman–Crippen MR) is 49.1 cm³/mol. The van der Waals surface area contributed by atoms with Gasteiger partial charge in [-0.15, -0.1) is 0 Å². The van der Waals surface area contributed by atoms with Crippen LogP contribution in [0.5, 0.6) is 0 Å². The number of hydrogen-bond acceptors (Lipinski definition) is 2. The van der Waals surface area contributed by atoms with Crippen molar-refractivity contribution in [3.05, 3.63) is 0 Å². The number of carbonyl (C=O) groups is 1. The molecule has 3 atom stereocenters. The van der Waals surface area contributed by atoms with Gasteiger partial charge in [0.1, 0.15) is 0 Å². The average Bonchev–Trinajstić information content (AvgIpc) is 2.70. The van der Waals surface area contributed by atoms with Crippen LogP contribution in [0.3, 0.4) is 0 Å².